The minimum absolute atomic E-state index is 0.601. The topological polar surface area (TPSA) is 64.9 Å². The average molecular weight is 219 g/mol. The molecule has 84 valence electrons. The SMILES string of the molecule is CCOc1ccc(-n2nnnc2NC)cc1. The molecule has 1 aromatic heterocycles. The third kappa shape index (κ3) is 1.95. The lowest BCUT2D eigenvalue weighted by molar-refractivity contribution is 0.340. The van der Waals surface area contributed by atoms with Crippen molar-refractivity contribution in [3.63, 3.8) is 0 Å². The first-order valence-corrected chi connectivity index (χ1v) is 5.04. The molecule has 0 aliphatic heterocycles. The molecule has 2 rings (SSSR count). The van der Waals surface area contributed by atoms with E-state index in [1.54, 1.807) is 11.7 Å². The lowest BCUT2D eigenvalue weighted by Gasteiger charge is -2.05. The zero-order valence-electron chi connectivity index (χ0n) is 9.21. The number of tetrazole rings is 1. The van der Waals surface area contributed by atoms with Crippen LogP contribution in [0, 0.1) is 0 Å². The van der Waals surface area contributed by atoms with Gasteiger partial charge in [0.1, 0.15) is 5.75 Å². The maximum Gasteiger partial charge on any atom is 0.247 e. The van der Waals surface area contributed by atoms with E-state index in [1.165, 1.54) is 0 Å². The van der Waals surface area contributed by atoms with Gasteiger partial charge in [0.2, 0.25) is 5.95 Å². The highest BCUT2D eigenvalue weighted by atomic mass is 16.5. The molecule has 16 heavy (non-hydrogen) atoms. The molecule has 6 nitrogen and oxygen atoms in total. The van der Waals surface area contributed by atoms with E-state index in [4.69, 9.17) is 4.74 Å². The monoisotopic (exact) mass is 219 g/mol. The van der Waals surface area contributed by atoms with Gasteiger partial charge < -0.3 is 10.1 Å². The van der Waals surface area contributed by atoms with Crippen LogP contribution in [0.25, 0.3) is 5.69 Å². The van der Waals surface area contributed by atoms with Gasteiger partial charge in [-0.15, -0.1) is 0 Å². The molecule has 1 heterocycles. The molecule has 0 unspecified atom stereocenters. The van der Waals surface area contributed by atoms with E-state index in [0.29, 0.717) is 12.6 Å². The molecular weight excluding hydrogens is 206 g/mol. The second-order valence-electron chi connectivity index (χ2n) is 3.09. The van der Waals surface area contributed by atoms with Crippen molar-refractivity contribution < 1.29 is 4.74 Å². The summed E-state index contributed by atoms with van der Waals surface area (Å²) in [4.78, 5) is 0. The maximum atomic E-state index is 5.36. The van der Waals surface area contributed by atoms with E-state index < -0.39 is 0 Å². The van der Waals surface area contributed by atoms with Gasteiger partial charge in [-0.25, -0.2) is 0 Å². The predicted octanol–water partition coefficient (Wildman–Crippen LogP) is 1.10. The zero-order chi connectivity index (χ0) is 11.4. The molecule has 0 saturated heterocycles. The maximum absolute atomic E-state index is 5.36. The quantitative estimate of drug-likeness (QED) is 0.834. The van der Waals surface area contributed by atoms with Crippen LogP contribution in [0.4, 0.5) is 5.95 Å². The second-order valence-corrected chi connectivity index (χ2v) is 3.09. The molecule has 1 N–H and O–H groups in total. The van der Waals surface area contributed by atoms with Gasteiger partial charge in [-0.3, -0.25) is 0 Å². The van der Waals surface area contributed by atoms with E-state index >= 15 is 0 Å². The number of ether oxygens (including phenoxy) is 1. The molecule has 6 heteroatoms. The summed E-state index contributed by atoms with van der Waals surface area (Å²) in [7, 11) is 1.77. The Balaban J connectivity index is 2.27. The van der Waals surface area contributed by atoms with Crippen molar-refractivity contribution >= 4 is 5.95 Å². The summed E-state index contributed by atoms with van der Waals surface area (Å²) in [5.41, 5.74) is 0.887. The fourth-order valence-corrected chi connectivity index (χ4v) is 1.37. The van der Waals surface area contributed by atoms with Gasteiger partial charge >= 0.3 is 0 Å². The molecule has 0 spiro atoms. The Labute approximate surface area is 93.2 Å². The molecule has 0 radical (unpaired) electrons. The van der Waals surface area contributed by atoms with Gasteiger partial charge in [-0.2, -0.15) is 4.68 Å². The van der Waals surface area contributed by atoms with E-state index in [1.807, 2.05) is 31.2 Å². The highest BCUT2D eigenvalue weighted by Gasteiger charge is 2.05. The van der Waals surface area contributed by atoms with Gasteiger partial charge in [0.05, 0.1) is 12.3 Å². The Hall–Kier alpha value is -2.11. The van der Waals surface area contributed by atoms with Crippen molar-refractivity contribution in [1.29, 1.82) is 0 Å². The first kappa shape index (κ1) is 10.4. The van der Waals surface area contributed by atoms with Crippen LogP contribution in [0.5, 0.6) is 5.75 Å². The minimum Gasteiger partial charge on any atom is -0.494 e. The summed E-state index contributed by atoms with van der Waals surface area (Å²) in [5, 5.41) is 14.2. The summed E-state index contributed by atoms with van der Waals surface area (Å²) in [6.45, 7) is 2.61. The molecule has 0 aliphatic rings. The Bertz CT molecular complexity index is 450. The van der Waals surface area contributed by atoms with Gasteiger partial charge in [0, 0.05) is 7.05 Å². The van der Waals surface area contributed by atoms with Crippen LogP contribution in [0.3, 0.4) is 0 Å². The van der Waals surface area contributed by atoms with Gasteiger partial charge in [0.15, 0.2) is 0 Å². The molecule has 1 aromatic carbocycles. The highest BCUT2D eigenvalue weighted by molar-refractivity contribution is 5.41. The molecule has 0 atom stereocenters. The number of benzene rings is 1. The minimum atomic E-state index is 0.601. The van der Waals surface area contributed by atoms with Crippen molar-refractivity contribution in [3.8, 4) is 11.4 Å². The number of rotatable bonds is 4. The van der Waals surface area contributed by atoms with E-state index in [9.17, 15) is 0 Å². The number of anilines is 1. The molecule has 0 fully saturated rings. The Morgan fingerprint density at radius 3 is 2.69 bits per heavy atom. The normalized spacial score (nSPS) is 10.1. The Morgan fingerprint density at radius 2 is 2.06 bits per heavy atom. The number of nitrogens with one attached hydrogen (secondary N) is 1. The predicted molar refractivity (Wildman–Crippen MR) is 59.9 cm³/mol. The Kier molecular flexibility index (Phi) is 3.00. The average Bonchev–Trinajstić information content (AvgIpc) is 2.78. The second kappa shape index (κ2) is 4.61. The summed E-state index contributed by atoms with van der Waals surface area (Å²) in [6.07, 6.45) is 0. The van der Waals surface area contributed by atoms with Crippen LogP contribution in [0.1, 0.15) is 6.92 Å². The van der Waals surface area contributed by atoms with Crippen LogP contribution in [0.2, 0.25) is 0 Å². The smallest absolute Gasteiger partial charge is 0.247 e. The molecule has 0 amide bonds. The molecule has 0 aliphatic carbocycles. The van der Waals surface area contributed by atoms with E-state index in [-0.39, 0.29) is 0 Å². The molecule has 0 saturated carbocycles. The Morgan fingerprint density at radius 1 is 1.31 bits per heavy atom. The lowest BCUT2D eigenvalue weighted by atomic mass is 10.3. The molecular formula is C10H13N5O. The van der Waals surface area contributed by atoms with Crippen LogP contribution < -0.4 is 10.1 Å². The van der Waals surface area contributed by atoms with Crippen LogP contribution in [-0.2, 0) is 0 Å². The third-order valence-corrected chi connectivity index (χ3v) is 2.09. The standard InChI is InChI=1S/C10H13N5O/c1-3-16-9-6-4-8(5-7-9)15-10(11-2)12-13-14-15/h4-7H,3H2,1-2H3,(H,11,12,14). The number of nitrogens with zero attached hydrogens (tertiary/aromatic N) is 4. The summed E-state index contributed by atoms with van der Waals surface area (Å²) >= 11 is 0. The van der Waals surface area contributed by atoms with Gasteiger partial charge in [0.25, 0.3) is 0 Å². The summed E-state index contributed by atoms with van der Waals surface area (Å²) in [6, 6.07) is 7.59. The van der Waals surface area contributed by atoms with Crippen LogP contribution in [0.15, 0.2) is 24.3 Å². The first-order chi connectivity index (χ1) is 7.85. The fourth-order valence-electron chi connectivity index (χ4n) is 1.37. The van der Waals surface area contributed by atoms with Crippen molar-refractivity contribution in [1.82, 2.24) is 20.2 Å². The zero-order valence-corrected chi connectivity index (χ0v) is 9.21. The van der Waals surface area contributed by atoms with Crippen molar-refractivity contribution in [2.24, 2.45) is 0 Å². The van der Waals surface area contributed by atoms with Crippen LogP contribution >= 0.6 is 0 Å². The van der Waals surface area contributed by atoms with E-state index in [2.05, 4.69) is 20.8 Å². The number of hydrogen-bond donors (Lipinski definition) is 1. The number of aromatic nitrogens is 4. The lowest BCUT2D eigenvalue weighted by Crippen LogP contribution is -2.03. The van der Waals surface area contributed by atoms with Crippen molar-refractivity contribution in [2.45, 2.75) is 6.92 Å². The third-order valence-electron chi connectivity index (χ3n) is 2.09. The first-order valence-electron chi connectivity index (χ1n) is 5.04. The summed E-state index contributed by atoms with van der Waals surface area (Å²) in [5.74, 6) is 1.44. The highest BCUT2D eigenvalue weighted by Crippen LogP contribution is 2.16. The molecule has 0 bridgehead atoms. The van der Waals surface area contributed by atoms with Crippen molar-refractivity contribution in [2.75, 3.05) is 19.0 Å². The van der Waals surface area contributed by atoms with E-state index in [0.717, 1.165) is 11.4 Å². The van der Waals surface area contributed by atoms with Crippen molar-refractivity contribution in [3.05, 3.63) is 24.3 Å². The summed E-state index contributed by atoms with van der Waals surface area (Å²) < 4.78 is 6.98. The molecule has 2 aromatic rings. The number of hydrogen-bond acceptors (Lipinski definition) is 5. The van der Waals surface area contributed by atoms with Crippen LogP contribution in [-0.4, -0.2) is 33.9 Å². The largest absolute Gasteiger partial charge is 0.494 e. The van der Waals surface area contributed by atoms with Gasteiger partial charge in [-0.05, 0) is 41.6 Å². The fraction of sp³-hybridized carbons (Fsp3) is 0.300. The van der Waals surface area contributed by atoms with Gasteiger partial charge in [-0.1, -0.05) is 5.10 Å².